The molecule has 1 aromatic rings. The highest BCUT2D eigenvalue weighted by Gasteiger charge is 2.53. The molecule has 0 saturated carbocycles. The minimum atomic E-state index is -4.33. The van der Waals surface area contributed by atoms with Gasteiger partial charge in [-0.2, -0.15) is 13.2 Å². The maximum absolute atomic E-state index is 12.6. The summed E-state index contributed by atoms with van der Waals surface area (Å²) in [6, 6.07) is 5.36. The smallest absolute Gasteiger partial charge is 0.372 e. The molecule has 25 heavy (non-hydrogen) atoms. The first-order valence-corrected chi connectivity index (χ1v) is 10.2. The molecule has 0 N–H and O–H groups in total. The highest BCUT2D eigenvalue weighted by atomic mass is 32.2. The van der Waals surface area contributed by atoms with Crippen molar-refractivity contribution in [2.75, 3.05) is 31.2 Å². The average molecular weight is 375 g/mol. The molecule has 1 aromatic carbocycles. The summed E-state index contributed by atoms with van der Waals surface area (Å²) < 4.78 is 66.7. The normalized spacial score (nSPS) is 31.3. The number of likely N-dealkylation sites (tertiary alicyclic amines) is 1. The number of sulfone groups is 1. The fraction of sp³-hybridized carbons (Fsp3) is 0.647. The molecule has 8 heteroatoms. The molecule has 0 amide bonds. The van der Waals surface area contributed by atoms with Gasteiger partial charge in [-0.05, 0) is 37.1 Å². The Kier molecular flexibility index (Phi) is 3.94. The van der Waals surface area contributed by atoms with Gasteiger partial charge in [0.2, 0.25) is 0 Å². The van der Waals surface area contributed by atoms with Crippen molar-refractivity contribution in [3.05, 3.63) is 35.4 Å². The zero-order chi connectivity index (χ0) is 17.9. The topological polar surface area (TPSA) is 46.6 Å². The molecule has 138 valence electrons. The Labute approximate surface area is 144 Å². The van der Waals surface area contributed by atoms with Gasteiger partial charge in [0, 0.05) is 18.0 Å². The number of alkyl halides is 3. The predicted octanol–water partition coefficient (Wildman–Crippen LogP) is 2.66. The molecule has 4 nitrogen and oxygen atoms in total. The second-order valence-electron chi connectivity index (χ2n) is 7.58. The molecule has 0 bridgehead atoms. The van der Waals surface area contributed by atoms with Gasteiger partial charge in [0.25, 0.3) is 0 Å². The summed E-state index contributed by atoms with van der Waals surface area (Å²) in [7, 11) is -2.84. The minimum Gasteiger partial charge on any atom is -0.372 e. The summed E-state index contributed by atoms with van der Waals surface area (Å²) in [5, 5.41) is 0. The predicted molar refractivity (Wildman–Crippen MR) is 85.8 cm³/mol. The highest BCUT2D eigenvalue weighted by Crippen LogP contribution is 2.44. The fourth-order valence-corrected chi connectivity index (χ4v) is 6.64. The Bertz CT molecular complexity index is 748. The van der Waals surface area contributed by atoms with E-state index in [2.05, 4.69) is 4.90 Å². The van der Waals surface area contributed by atoms with Gasteiger partial charge in [-0.3, -0.25) is 4.90 Å². The van der Waals surface area contributed by atoms with E-state index < -0.39 is 21.6 Å². The molecule has 0 radical (unpaired) electrons. The van der Waals surface area contributed by atoms with E-state index in [1.54, 1.807) is 0 Å². The van der Waals surface area contributed by atoms with Crippen LogP contribution in [0.2, 0.25) is 0 Å². The molecular weight excluding hydrogens is 355 g/mol. The van der Waals surface area contributed by atoms with Crippen molar-refractivity contribution < 1.29 is 26.3 Å². The van der Waals surface area contributed by atoms with Crippen molar-refractivity contribution in [1.82, 2.24) is 4.90 Å². The summed E-state index contributed by atoms with van der Waals surface area (Å²) in [6.45, 7) is 2.18. The van der Waals surface area contributed by atoms with Gasteiger partial charge in [0.15, 0.2) is 9.84 Å². The lowest BCUT2D eigenvalue weighted by Gasteiger charge is -2.38. The third-order valence-electron chi connectivity index (χ3n) is 5.62. The number of nitrogens with zero attached hydrogens (tertiary/aromatic N) is 1. The third kappa shape index (κ3) is 3.31. The molecular formula is C17H20F3NO3S. The SMILES string of the molecule is O=S1(=O)CC2(CCN([C@@H]3CO[C@@H](c4ccc(C(F)(F)F)cc4)C3)C2)C1. The molecule has 3 aliphatic rings. The zero-order valence-electron chi connectivity index (χ0n) is 13.6. The quantitative estimate of drug-likeness (QED) is 0.797. The average Bonchev–Trinajstić information content (AvgIpc) is 3.12. The summed E-state index contributed by atoms with van der Waals surface area (Å²) in [5.74, 6) is 0.568. The first-order chi connectivity index (χ1) is 11.7. The van der Waals surface area contributed by atoms with E-state index in [-0.39, 0.29) is 29.1 Å². The Morgan fingerprint density at radius 1 is 1.16 bits per heavy atom. The van der Waals surface area contributed by atoms with Crippen LogP contribution in [0.15, 0.2) is 24.3 Å². The van der Waals surface area contributed by atoms with Crippen molar-refractivity contribution in [1.29, 1.82) is 0 Å². The maximum atomic E-state index is 12.6. The number of rotatable bonds is 2. The Morgan fingerprint density at radius 3 is 2.44 bits per heavy atom. The minimum absolute atomic E-state index is 0.0781. The van der Waals surface area contributed by atoms with Crippen LogP contribution in [0.25, 0.3) is 0 Å². The van der Waals surface area contributed by atoms with Crippen LogP contribution in [-0.2, 0) is 20.8 Å². The Hall–Kier alpha value is -1.12. The summed E-state index contributed by atoms with van der Waals surface area (Å²) in [5.41, 5.74) is 0.0276. The number of hydrogen-bond donors (Lipinski definition) is 0. The van der Waals surface area contributed by atoms with Crippen LogP contribution in [0.3, 0.4) is 0 Å². The van der Waals surface area contributed by atoms with Gasteiger partial charge >= 0.3 is 6.18 Å². The van der Waals surface area contributed by atoms with E-state index in [4.69, 9.17) is 4.74 Å². The Morgan fingerprint density at radius 2 is 1.84 bits per heavy atom. The van der Waals surface area contributed by atoms with Crippen LogP contribution < -0.4 is 0 Å². The van der Waals surface area contributed by atoms with Crippen molar-refractivity contribution in [2.45, 2.75) is 31.2 Å². The van der Waals surface area contributed by atoms with E-state index in [0.29, 0.717) is 6.61 Å². The van der Waals surface area contributed by atoms with Crippen molar-refractivity contribution in [3.63, 3.8) is 0 Å². The van der Waals surface area contributed by atoms with Crippen LogP contribution in [0.5, 0.6) is 0 Å². The van der Waals surface area contributed by atoms with Crippen molar-refractivity contribution in [3.8, 4) is 0 Å². The molecule has 4 rings (SSSR count). The molecule has 3 aliphatic heterocycles. The summed E-state index contributed by atoms with van der Waals surface area (Å²) in [4.78, 5) is 2.29. The molecule has 1 spiro atoms. The molecule has 0 unspecified atom stereocenters. The summed E-state index contributed by atoms with van der Waals surface area (Å²) >= 11 is 0. The van der Waals surface area contributed by atoms with Crippen molar-refractivity contribution in [2.24, 2.45) is 5.41 Å². The standard InChI is InChI=1S/C17H20F3NO3S/c18-17(19,20)13-3-1-12(2-4-13)15-7-14(8-24-15)21-6-5-16(9-21)10-25(22,23)11-16/h1-4,14-15H,5-11H2/t14-,15+/m0/s1. The van der Waals surface area contributed by atoms with E-state index >= 15 is 0 Å². The lowest BCUT2D eigenvalue weighted by molar-refractivity contribution is -0.137. The first kappa shape index (κ1) is 17.3. The molecule has 3 saturated heterocycles. The third-order valence-corrected chi connectivity index (χ3v) is 7.73. The van der Waals surface area contributed by atoms with E-state index in [1.807, 2.05) is 0 Å². The van der Waals surface area contributed by atoms with Crippen LogP contribution in [0, 0.1) is 5.41 Å². The molecule has 3 heterocycles. The maximum Gasteiger partial charge on any atom is 0.416 e. The zero-order valence-corrected chi connectivity index (χ0v) is 14.4. The molecule has 0 aromatic heterocycles. The van der Waals surface area contributed by atoms with Crippen molar-refractivity contribution >= 4 is 9.84 Å². The summed E-state index contributed by atoms with van der Waals surface area (Å²) in [6.07, 6.45) is -2.90. The van der Waals surface area contributed by atoms with Crippen LogP contribution in [-0.4, -0.2) is 50.6 Å². The highest BCUT2D eigenvalue weighted by molar-refractivity contribution is 7.92. The number of ether oxygens (including phenoxy) is 1. The van der Waals surface area contributed by atoms with Gasteiger partial charge in [0.05, 0.1) is 29.8 Å². The second kappa shape index (κ2) is 5.69. The largest absolute Gasteiger partial charge is 0.416 e. The van der Waals surface area contributed by atoms with Crippen LogP contribution in [0.4, 0.5) is 13.2 Å². The number of benzene rings is 1. The molecule has 3 fully saturated rings. The monoisotopic (exact) mass is 375 g/mol. The Balaban J connectivity index is 1.37. The van der Waals surface area contributed by atoms with E-state index in [0.717, 1.165) is 43.6 Å². The van der Waals surface area contributed by atoms with Gasteiger partial charge in [-0.25, -0.2) is 8.42 Å². The van der Waals surface area contributed by atoms with Gasteiger partial charge in [0.1, 0.15) is 0 Å². The number of hydrogen-bond acceptors (Lipinski definition) is 4. The first-order valence-electron chi connectivity index (χ1n) is 8.39. The number of halogens is 3. The van der Waals surface area contributed by atoms with Crippen LogP contribution in [0.1, 0.15) is 30.1 Å². The lowest BCUT2D eigenvalue weighted by atomic mass is 9.91. The molecule has 0 aliphatic carbocycles. The lowest BCUT2D eigenvalue weighted by Crippen LogP contribution is -2.51. The van der Waals surface area contributed by atoms with Gasteiger partial charge in [-0.15, -0.1) is 0 Å². The second-order valence-corrected chi connectivity index (χ2v) is 9.65. The van der Waals surface area contributed by atoms with Gasteiger partial charge < -0.3 is 4.74 Å². The van der Waals surface area contributed by atoms with E-state index in [9.17, 15) is 21.6 Å². The van der Waals surface area contributed by atoms with E-state index in [1.165, 1.54) is 12.1 Å². The van der Waals surface area contributed by atoms with Crippen LogP contribution >= 0.6 is 0 Å². The van der Waals surface area contributed by atoms with Gasteiger partial charge in [-0.1, -0.05) is 12.1 Å². The molecule has 2 atom stereocenters. The fourth-order valence-electron chi connectivity index (χ4n) is 4.39.